The summed E-state index contributed by atoms with van der Waals surface area (Å²) in [6, 6.07) is 13.3. The lowest BCUT2D eigenvalue weighted by atomic mass is 9.89. The second-order valence-electron chi connectivity index (χ2n) is 18.6. The average molecular weight is 923 g/mol. The molecule has 0 radical (unpaired) electrons. The molecule has 0 spiro atoms. The van der Waals surface area contributed by atoms with Crippen LogP contribution in [0.15, 0.2) is 63.8 Å². The third kappa shape index (κ3) is 13.8. The van der Waals surface area contributed by atoms with E-state index in [4.69, 9.17) is 28.1 Å². The van der Waals surface area contributed by atoms with Gasteiger partial charge >= 0.3 is 24.2 Å². The maximum atomic E-state index is 14.8. The summed E-state index contributed by atoms with van der Waals surface area (Å²) in [5, 5.41) is 0.463. The topological polar surface area (TPSA) is 175 Å². The molecule has 0 N–H and O–H groups in total. The first-order valence-electron chi connectivity index (χ1n) is 21.8. The molecule has 4 amide bonds. The first kappa shape index (κ1) is 50.5. The smallest absolute Gasteiger partial charge is 0.410 e. The molecule has 1 saturated heterocycles. The summed E-state index contributed by atoms with van der Waals surface area (Å²) in [5.41, 5.74) is -1.71. The Morgan fingerprint density at radius 1 is 0.591 bits per heavy atom. The second-order valence-corrected chi connectivity index (χ2v) is 18.6. The molecule has 1 fully saturated rings. The molecule has 358 valence electrons. The van der Waals surface area contributed by atoms with Gasteiger partial charge in [0, 0.05) is 86.6 Å². The molecule has 0 unspecified atom stereocenters. The van der Waals surface area contributed by atoms with Crippen molar-refractivity contribution in [1.29, 1.82) is 0 Å². The molecule has 0 bridgehead atoms. The number of benzene rings is 3. The molecular weight excluding hydrogens is 863 g/mol. The third-order valence-electron chi connectivity index (χ3n) is 9.88. The van der Waals surface area contributed by atoms with Crippen molar-refractivity contribution < 1.29 is 60.9 Å². The maximum absolute atomic E-state index is 14.8. The molecule has 2 aliphatic heterocycles. The van der Waals surface area contributed by atoms with Gasteiger partial charge in [-0.15, -0.1) is 0 Å². The first-order chi connectivity index (χ1) is 31.0. The Bertz CT molecular complexity index is 2380. The number of carbonyl (C=O) groups is 5. The molecule has 5 rings (SSSR count). The van der Waals surface area contributed by atoms with Crippen LogP contribution in [0.1, 0.15) is 83.0 Å². The van der Waals surface area contributed by atoms with Crippen LogP contribution in [0.25, 0.3) is 33.4 Å². The molecule has 16 nitrogen and oxygen atoms in total. The van der Waals surface area contributed by atoms with Crippen molar-refractivity contribution in [3.63, 3.8) is 0 Å². The van der Waals surface area contributed by atoms with Gasteiger partial charge < -0.3 is 47.7 Å². The summed E-state index contributed by atoms with van der Waals surface area (Å²) < 4.78 is 60.5. The van der Waals surface area contributed by atoms with Crippen molar-refractivity contribution in [2.45, 2.75) is 79.1 Å². The van der Waals surface area contributed by atoms with Gasteiger partial charge in [-0.25, -0.2) is 28.0 Å². The molecule has 66 heavy (non-hydrogen) atoms. The molecule has 1 aliphatic carbocycles. The Kier molecular flexibility index (Phi) is 16.3. The van der Waals surface area contributed by atoms with E-state index in [1.165, 1.54) is 62.1 Å². The lowest BCUT2D eigenvalue weighted by Gasteiger charge is -2.36. The Morgan fingerprint density at radius 3 is 1.56 bits per heavy atom. The van der Waals surface area contributed by atoms with Gasteiger partial charge in [-0.05, 0) is 104 Å². The monoisotopic (exact) mass is 922 g/mol. The van der Waals surface area contributed by atoms with Crippen molar-refractivity contribution in [3.05, 3.63) is 75.9 Å². The Morgan fingerprint density at radius 2 is 1.08 bits per heavy atom. The fraction of sp³-hybridized carbons (Fsp3) is 0.500. The lowest BCUT2D eigenvalue weighted by molar-refractivity contribution is 0.00479. The molecule has 3 aliphatic rings. The van der Waals surface area contributed by atoms with Crippen molar-refractivity contribution in [1.82, 2.24) is 19.6 Å². The standard InChI is InChI=1S/C48H60F2N4O12/c1-46(2,3)64-43(58)52-20-18-51(19-21-53(44(59)65-47(4,5)6)23-25-54(24-22-52)45(60)66-48(7,8)9)41(56)31-10-13-34(37(28-31)42(57)62-27-17-50)40-35-14-11-32(55)29-38(35)63-39-30-33(61-26-16-49)12-15-36(39)40/h10-15,28-30H,16-27H2,1-9H3. The van der Waals surface area contributed by atoms with Crippen LogP contribution in [0, 0.1) is 0 Å². The largest absolute Gasteiger partial charge is 0.491 e. The van der Waals surface area contributed by atoms with Crippen molar-refractivity contribution in [3.8, 4) is 28.2 Å². The summed E-state index contributed by atoms with van der Waals surface area (Å²) in [6.45, 7) is 12.6. The van der Waals surface area contributed by atoms with E-state index >= 15 is 0 Å². The van der Waals surface area contributed by atoms with Crippen molar-refractivity contribution >= 4 is 41.1 Å². The van der Waals surface area contributed by atoms with Crippen molar-refractivity contribution in [2.75, 3.05) is 78.9 Å². The Labute approximate surface area is 382 Å². The number of rotatable bonds is 8. The molecule has 0 atom stereocenters. The number of carbonyl (C=O) groups excluding carboxylic acids is 5. The van der Waals surface area contributed by atoms with Crippen LogP contribution in [-0.4, -0.2) is 145 Å². The predicted octanol–water partition coefficient (Wildman–Crippen LogP) is 8.21. The number of halogens is 2. The Balaban J connectivity index is 1.61. The number of hydrogen-bond acceptors (Lipinski definition) is 12. The highest BCUT2D eigenvalue weighted by molar-refractivity contribution is 6.09. The average Bonchev–Trinajstić information content (AvgIpc) is 3.21. The van der Waals surface area contributed by atoms with E-state index in [9.17, 15) is 37.5 Å². The zero-order valence-corrected chi connectivity index (χ0v) is 39.1. The number of ether oxygens (including phenoxy) is 5. The van der Waals surface area contributed by atoms with Crippen LogP contribution in [-0.2, 0) is 18.9 Å². The van der Waals surface area contributed by atoms with E-state index in [0.717, 1.165) is 0 Å². The number of fused-ring (bicyclic) bond motifs is 2. The third-order valence-corrected chi connectivity index (χ3v) is 9.88. The molecule has 0 aromatic heterocycles. The molecular formula is C48H60F2N4O12. The van der Waals surface area contributed by atoms with Crippen LogP contribution in [0.5, 0.6) is 5.75 Å². The molecule has 2 aromatic rings. The predicted molar refractivity (Wildman–Crippen MR) is 242 cm³/mol. The van der Waals surface area contributed by atoms with Gasteiger partial charge in [-0.3, -0.25) is 9.59 Å². The van der Waals surface area contributed by atoms with Crippen LogP contribution in [0.2, 0.25) is 0 Å². The van der Waals surface area contributed by atoms with E-state index in [1.54, 1.807) is 74.4 Å². The zero-order chi connectivity index (χ0) is 48.6. The number of nitrogens with zero attached hydrogens (tertiary/aromatic N) is 4. The quantitative estimate of drug-likeness (QED) is 0.0943. The van der Waals surface area contributed by atoms with Gasteiger partial charge in [0.25, 0.3) is 5.91 Å². The van der Waals surface area contributed by atoms with Crippen molar-refractivity contribution in [2.24, 2.45) is 0 Å². The summed E-state index contributed by atoms with van der Waals surface area (Å²) in [5.74, 6) is -1.09. The van der Waals surface area contributed by atoms with Gasteiger partial charge in [-0.2, -0.15) is 0 Å². The Hall–Kier alpha value is -6.46. The van der Waals surface area contributed by atoms with E-state index in [2.05, 4.69) is 0 Å². The molecule has 2 heterocycles. The summed E-state index contributed by atoms with van der Waals surface area (Å²) in [6.07, 6.45) is -2.02. The normalized spacial score (nSPS) is 14.6. The first-order valence-corrected chi connectivity index (χ1v) is 21.8. The fourth-order valence-electron chi connectivity index (χ4n) is 6.99. The minimum atomic E-state index is -0.977. The van der Waals surface area contributed by atoms with Gasteiger partial charge in [0.05, 0.1) is 5.56 Å². The van der Waals surface area contributed by atoms with E-state index in [1.807, 2.05) is 0 Å². The van der Waals surface area contributed by atoms with Gasteiger partial charge in [-0.1, -0.05) is 6.07 Å². The summed E-state index contributed by atoms with van der Waals surface area (Å²) in [4.78, 5) is 87.7. The molecule has 0 saturated carbocycles. The van der Waals surface area contributed by atoms with Crippen LogP contribution in [0.3, 0.4) is 0 Å². The van der Waals surface area contributed by atoms with Gasteiger partial charge in [0.15, 0.2) is 5.43 Å². The SMILES string of the molecule is CC(C)(C)OC(=O)N1CCN(C(=O)OC(C)(C)C)CCN(C(=O)c2ccc(-c3c4ccc(=O)cc-4oc4cc(OCCF)ccc34)c(C(=O)OCCF)c2)CCN(C(=O)OC(C)(C)C)CC1. The highest BCUT2D eigenvalue weighted by Crippen LogP contribution is 2.42. The summed E-state index contributed by atoms with van der Waals surface area (Å²) >= 11 is 0. The fourth-order valence-corrected chi connectivity index (χ4v) is 6.99. The van der Waals surface area contributed by atoms with Crippen LogP contribution in [0.4, 0.5) is 23.2 Å². The minimum absolute atomic E-state index is 0.00566. The van der Waals surface area contributed by atoms with Crippen LogP contribution < -0.4 is 10.2 Å². The zero-order valence-electron chi connectivity index (χ0n) is 39.1. The maximum Gasteiger partial charge on any atom is 0.410 e. The molecule has 2 aromatic carbocycles. The number of hydrogen-bond donors (Lipinski definition) is 0. The van der Waals surface area contributed by atoms with Crippen LogP contribution >= 0.6 is 0 Å². The number of alkyl halides is 2. The van der Waals surface area contributed by atoms with E-state index < -0.39 is 66.9 Å². The lowest BCUT2D eigenvalue weighted by Crippen LogP contribution is -2.52. The number of esters is 1. The minimum Gasteiger partial charge on any atom is -0.491 e. The highest BCUT2D eigenvalue weighted by atomic mass is 19.1. The second kappa shape index (κ2) is 21.2. The van der Waals surface area contributed by atoms with Gasteiger partial charge in [0.1, 0.15) is 60.5 Å². The van der Waals surface area contributed by atoms with E-state index in [-0.39, 0.29) is 98.2 Å². The van der Waals surface area contributed by atoms with Gasteiger partial charge in [0.2, 0.25) is 0 Å². The highest BCUT2D eigenvalue weighted by Gasteiger charge is 2.32. The van der Waals surface area contributed by atoms with E-state index in [0.29, 0.717) is 16.5 Å². The molecule has 18 heteroatoms. The number of amides is 4. The summed E-state index contributed by atoms with van der Waals surface area (Å²) in [7, 11) is 0.